The van der Waals surface area contributed by atoms with Crippen LogP contribution in [-0.2, 0) is 4.79 Å². The Labute approximate surface area is 205 Å². The van der Waals surface area contributed by atoms with Gasteiger partial charge in [0.05, 0.1) is 24.9 Å². The molecule has 3 atom stereocenters. The second-order valence-electron chi connectivity index (χ2n) is 10.00. The molecule has 0 rings (SSSR count). The Morgan fingerprint density at radius 3 is 1.55 bits per heavy atom. The first kappa shape index (κ1) is 32.4. The molecule has 0 radical (unpaired) electrons. The molecule has 0 fully saturated rings. The zero-order chi connectivity index (χ0) is 24.6. The first-order valence-corrected chi connectivity index (χ1v) is 14.3. The summed E-state index contributed by atoms with van der Waals surface area (Å²) < 4.78 is 0. The third kappa shape index (κ3) is 21.6. The SMILES string of the molecule is CCCCCCCCCCCCCCCC(O)C(CO)NC(=O)CCC(O)CCCCCC. The molecule has 0 aliphatic rings. The summed E-state index contributed by atoms with van der Waals surface area (Å²) in [7, 11) is 0. The number of hydrogen-bond acceptors (Lipinski definition) is 4. The first-order chi connectivity index (χ1) is 16.0. The van der Waals surface area contributed by atoms with Crippen molar-refractivity contribution in [3.63, 3.8) is 0 Å². The van der Waals surface area contributed by atoms with E-state index in [9.17, 15) is 20.1 Å². The van der Waals surface area contributed by atoms with Gasteiger partial charge in [-0.3, -0.25) is 4.79 Å². The monoisotopic (exact) mass is 471 g/mol. The molecule has 5 heteroatoms. The molecular formula is C28H57NO4. The molecule has 0 spiro atoms. The van der Waals surface area contributed by atoms with Gasteiger partial charge in [0.1, 0.15) is 0 Å². The normalized spacial score (nSPS) is 14.2. The third-order valence-electron chi connectivity index (χ3n) is 6.71. The van der Waals surface area contributed by atoms with E-state index in [0.717, 1.165) is 32.1 Å². The number of unbranched alkanes of at least 4 members (excludes halogenated alkanes) is 15. The van der Waals surface area contributed by atoms with Gasteiger partial charge in [0, 0.05) is 6.42 Å². The van der Waals surface area contributed by atoms with Crippen LogP contribution in [0.1, 0.15) is 149 Å². The Hall–Kier alpha value is -0.650. The van der Waals surface area contributed by atoms with Gasteiger partial charge >= 0.3 is 0 Å². The van der Waals surface area contributed by atoms with Crippen molar-refractivity contribution in [3.8, 4) is 0 Å². The number of rotatable bonds is 25. The second-order valence-corrected chi connectivity index (χ2v) is 10.00. The van der Waals surface area contributed by atoms with Gasteiger partial charge in [0.2, 0.25) is 5.91 Å². The minimum absolute atomic E-state index is 0.203. The number of aliphatic hydroxyl groups excluding tert-OH is 3. The lowest BCUT2D eigenvalue weighted by Gasteiger charge is -2.22. The number of amides is 1. The molecule has 0 aliphatic heterocycles. The molecular weight excluding hydrogens is 414 g/mol. The van der Waals surface area contributed by atoms with Crippen molar-refractivity contribution >= 4 is 5.91 Å². The van der Waals surface area contributed by atoms with Crippen molar-refractivity contribution in [1.82, 2.24) is 5.32 Å². The highest BCUT2D eigenvalue weighted by molar-refractivity contribution is 5.76. The molecule has 33 heavy (non-hydrogen) atoms. The van der Waals surface area contributed by atoms with E-state index >= 15 is 0 Å². The molecule has 0 aliphatic carbocycles. The lowest BCUT2D eigenvalue weighted by atomic mass is 10.0. The Balaban J connectivity index is 3.69. The Bertz CT molecular complexity index is 419. The fraction of sp³-hybridized carbons (Fsp3) is 0.964. The van der Waals surface area contributed by atoms with Crippen LogP contribution in [-0.4, -0.2) is 46.1 Å². The van der Waals surface area contributed by atoms with Gasteiger partial charge in [0.25, 0.3) is 0 Å². The van der Waals surface area contributed by atoms with Crippen LogP contribution in [0.3, 0.4) is 0 Å². The van der Waals surface area contributed by atoms with Crippen LogP contribution in [0.2, 0.25) is 0 Å². The summed E-state index contributed by atoms with van der Waals surface area (Å²) >= 11 is 0. The average Bonchev–Trinajstić information content (AvgIpc) is 2.81. The minimum atomic E-state index is -0.717. The Kier molecular flexibility index (Phi) is 24.0. The molecule has 0 aromatic rings. The van der Waals surface area contributed by atoms with Crippen molar-refractivity contribution in [1.29, 1.82) is 0 Å². The van der Waals surface area contributed by atoms with E-state index in [2.05, 4.69) is 19.2 Å². The number of aliphatic hydroxyl groups is 3. The smallest absolute Gasteiger partial charge is 0.220 e. The van der Waals surface area contributed by atoms with Gasteiger partial charge in [0.15, 0.2) is 0 Å². The van der Waals surface area contributed by atoms with Crippen molar-refractivity contribution in [2.75, 3.05) is 6.61 Å². The highest BCUT2D eigenvalue weighted by Crippen LogP contribution is 2.14. The van der Waals surface area contributed by atoms with Crippen LogP contribution in [0.15, 0.2) is 0 Å². The molecule has 0 aromatic carbocycles. The second kappa shape index (κ2) is 24.5. The van der Waals surface area contributed by atoms with Crippen molar-refractivity contribution in [2.24, 2.45) is 0 Å². The molecule has 1 amide bonds. The van der Waals surface area contributed by atoms with Gasteiger partial charge in [-0.15, -0.1) is 0 Å². The maximum Gasteiger partial charge on any atom is 0.220 e. The maximum absolute atomic E-state index is 12.1. The molecule has 0 saturated heterocycles. The molecule has 198 valence electrons. The summed E-state index contributed by atoms with van der Waals surface area (Å²) in [5.41, 5.74) is 0. The molecule has 3 unspecified atom stereocenters. The van der Waals surface area contributed by atoms with E-state index in [-0.39, 0.29) is 18.9 Å². The molecule has 0 aromatic heterocycles. The summed E-state index contributed by atoms with van der Waals surface area (Å²) in [5.74, 6) is -0.203. The Morgan fingerprint density at radius 2 is 1.06 bits per heavy atom. The quantitative estimate of drug-likeness (QED) is 0.116. The predicted molar refractivity (Wildman–Crippen MR) is 139 cm³/mol. The van der Waals surface area contributed by atoms with Crippen LogP contribution >= 0.6 is 0 Å². The highest BCUT2D eigenvalue weighted by atomic mass is 16.3. The van der Waals surface area contributed by atoms with Crippen LogP contribution < -0.4 is 5.32 Å². The van der Waals surface area contributed by atoms with Crippen LogP contribution in [0, 0.1) is 0 Å². The summed E-state index contributed by atoms with van der Waals surface area (Å²) in [6.07, 6.45) is 22.0. The van der Waals surface area contributed by atoms with E-state index in [0.29, 0.717) is 12.8 Å². The maximum atomic E-state index is 12.1. The largest absolute Gasteiger partial charge is 0.394 e. The van der Waals surface area contributed by atoms with Gasteiger partial charge in [-0.05, 0) is 19.3 Å². The number of carbonyl (C=O) groups is 1. The standard InChI is InChI=1S/C28H57NO4/c1-3-5-7-9-10-11-12-13-14-15-16-17-19-21-27(32)26(24-30)29-28(33)23-22-25(31)20-18-8-6-4-2/h25-27,30-32H,3-24H2,1-2H3,(H,29,33). The number of carbonyl (C=O) groups excluding carboxylic acids is 1. The first-order valence-electron chi connectivity index (χ1n) is 14.3. The molecule has 0 saturated carbocycles. The van der Waals surface area contributed by atoms with Gasteiger partial charge in [-0.25, -0.2) is 0 Å². The van der Waals surface area contributed by atoms with Crippen molar-refractivity contribution in [2.45, 2.75) is 167 Å². The lowest BCUT2D eigenvalue weighted by Crippen LogP contribution is -2.46. The van der Waals surface area contributed by atoms with E-state index in [1.165, 1.54) is 83.5 Å². The van der Waals surface area contributed by atoms with Gasteiger partial charge in [-0.2, -0.15) is 0 Å². The Morgan fingerprint density at radius 1 is 0.636 bits per heavy atom. The summed E-state index contributed by atoms with van der Waals surface area (Å²) in [6, 6.07) is -0.614. The fourth-order valence-corrected chi connectivity index (χ4v) is 4.36. The zero-order valence-corrected chi connectivity index (χ0v) is 22.0. The predicted octanol–water partition coefficient (Wildman–Crippen LogP) is 6.42. The highest BCUT2D eigenvalue weighted by Gasteiger charge is 2.20. The zero-order valence-electron chi connectivity index (χ0n) is 22.0. The summed E-state index contributed by atoms with van der Waals surface area (Å²) in [4.78, 5) is 12.1. The van der Waals surface area contributed by atoms with Crippen LogP contribution in [0.25, 0.3) is 0 Å². The van der Waals surface area contributed by atoms with Crippen LogP contribution in [0.4, 0.5) is 0 Å². The molecule has 4 N–H and O–H groups in total. The minimum Gasteiger partial charge on any atom is -0.394 e. The van der Waals surface area contributed by atoms with E-state index in [4.69, 9.17) is 0 Å². The third-order valence-corrected chi connectivity index (χ3v) is 6.71. The van der Waals surface area contributed by atoms with Crippen LogP contribution in [0.5, 0.6) is 0 Å². The van der Waals surface area contributed by atoms with Gasteiger partial charge < -0.3 is 20.6 Å². The lowest BCUT2D eigenvalue weighted by molar-refractivity contribution is -0.123. The molecule has 5 nitrogen and oxygen atoms in total. The van der Waals surface area contributed by atoms with E-state index < -0.39 is 18.2 Å². The number of nitrogens with one attached hydrogen (secondary N) is 1. The van der Waals surface area contributed by atoms with Gasteiger partial charge in [-0.1, -0.05) is 123 Å². The topological polar surface area (TPSA) is 89.8 Å². The van der Waals surface area contributed by atoms with E-state index in [1.807, 2.05) is 0 Å². The van der Waals surface area contributed by atoms with Crippen molar-refractivity contribution < 1.29 is 20.1 Å². The molecule has 0 heterocycles. The molecule has 0 bridgehead atoms. The summed E-state index contributed by atoms with van der Waals surface area (Å²) in [5, 5.41) is 32.7. The average molecular weight is 472 g/mol. The fourth-order valence-electron chi connectivity index (χ4n) is 4.36. The van der Waals surface area contributed by atoms with E-state index in [1.54, 1.807) is 0 Å². The summed E-state index contributed by atoms with van der Waals surface area (Å²) in [6.45, 7) is 4.16. The number of hydrogen-bond donors (Lipinski definition) is 4. The van der Waals surface area contributed by atoms with Crippen molar-refractivity contribution in [3.05, 3.63) is 0 Å².